The molecule has 2 aromatic heterocycles. The van der Waals surface area contributed by atoms with Gasteiger partial charge in [-0.25, -0.2) is 4.98 Å². The van der Waals surface area contributed by atoms with Crippen LogP contribution in [-0.4, -0.2) is 38.2 Å². The number of imidazole rings is 1. The molecule has 1 fully saturated rings. The quantitative estimate of drug-likeness (QED) is 0.779. The molecule has 3 rings (SSSR count). The van der Waals surface area contributed by atoms with Gasteiger partial charge in [0.15, 0.2) is 5.78 Å². The molecule has 0 atom stereocenters. The molecule has 0 amide bonds. The second-order valence-corrected chi connectivity index (χ2v) is 6.12. The Morgan fingerprint density at radius 2 is 2.17 bits per heavy atom. The van der Waals surface area contributed by atoms with Gasteiger partial charge in [0.25, 0.3) is 5.56 Å². The normalized spacial score (nSPS) is 15.9. The zero-order valence-electron chi connectivity index (χ0n) is 13.4. The maximum absolute atomic E-state index is 11.8. The topological polar surface area (TPSA) is 84.7 Å². The lowest BCUT2D eigenvalue weighted by molar-refractivity contribution is 0.0987. The van der Waals surface area contributed by atoms with Gasteiger partial charge in [0.2, 0.25) is 0 Å². The average Bonchev–Trinajstić information content (AvgIpc) is 3.15. The van der Waals surface area contributed by atoms with Gasteiger partial charge < -0.3 is 9.88 Å². The summed E-state index contributed by atoms with van der Waals surface area (Å²) in [6.07, 6.45) is 7.95. The number of nitrogens with one attached hydrogen (secondary N) is 2. The molecule has 1 aliphatic heterocycles. The van der Waals surface area contributed by atoms with Gasteiger partial charge in [-0.1, -0.05) is 6.92 Å². The number of ketones is 1. The van der Waals surface area contributed by atoms with Crippen molar-refractivity contribution in [3.8, 4) is 0 Å². The highest BCUT2D eigenvalue weighted by Crippen LogP contribution is 2.15. The van der Waals surface area contributed by atoms with Gasteiger partial charge in [-0.2, -0.15) is 0 Å². The Kier molecular flexibility index (Phi) is 4.76. The predicted octanol–water partition coefficient (Wildman–Crippen LogP) is 1.01. The lowest BCUT2D eigenvalue weighted by Gasteiger charge is -2.23. The van der Waals surface area contributed by atoms with E-state index in [1.807, 2.05) is 12.5 Å². The molecule has 3 heterocycles. The van der Waals surface area contributed by atoms with Crippen molar-refractivity contribution in [1.82, 2.24) is 24.6 Å². The zero-order valence-corrected chi connectivity index (χ0v) is 13.4. The van der Waals surface area contributed by atoms with Crippen LogP contribution >= 0.6 is 0 Å². The van der Waals surface area contributed by atoms with Crippen molar-refractivity contribution in [2.24, 2.45) is 5.92 Å². The Morgan fingerprint density at radius 1 is 1.39 bits per heavy atom. The van der Waals surface area contributed by atoms with E-state index in [4.69, 9.17) is 0 Å². The van der Waals surface area contributed by atoms with Crippen LogP contribution in [-0.2, 0) is 13.1 Å². The molecule has 1 saturated heterocycles. The van der Waals surface area contributed by atoms with Gasteiger partial charge in [0.05, 0.1) is 24.8 Å². The number of piperidine rings is 1. The van der Waals surface area contributed by atoms with E-state index in [0.717, 1.165) is 25.3 Å². The van der Waals surface area contributed by atoms with E-state index in [2.05, 4.69) is 20.0 Å². The molecule has 2 aromatic rings. The summed E-state index contributed by atoms with van der Waals surface area (Å²) in [6, 6.07) is 0. The SMILES string of the molecule is CCC(=O)c1cn(Cc2cncn2CC2CCNCC2)[nH]c1=O. The fraction of sp³-hybridized carbons (Fsp3) is 0.562. The molecule has 0 saturated carbocycles. The Morgan fingerprint density at radius 3 is 2.91 bits per heavy atom. The van der Waals surface area contributed by atoms with Gasteiger partial charge in [0.1, 0.15) is 5.56 Å². The van der Waals surface area contributed by atoms with Crippen LogP contribution in [0.1, 0.15) is 42.2 Å². The van der Waals surface area contributed by atoms with Crippen molar-refractivity contribution >= 4 is 5.78 Å². The lowest BCUT2D eigenvalue weighted by Crippen LogP contribution is -2.30. The van der Waals surface area contributed by atoms with E-state index in [0.29, 0.717) is 18.9 Å². The molecule has 23 heavy (non-hydrogen) atoms. The van der Waals surface area contributed by atoms with Crippen LogP contribution in [0.15, 0.2) is 23.5 Å². The molecule has 0 aromatic carbocycles. The van der Waals surface area contributed by atoms with Crippen LogP contribution in [0.25, 0.3) is 0 Å². The standard InChI is InChI=1S/C16H23N5O2/c1-2-15(22)14-10-21(19-16(14)23)9-13-7-18-11-20(13)8-12-3-5-17-6-4-12/h7,10-12,17H,2-6,8-9H2,1H3,(H,19,23). The maximum Gasteiger partial charge on any atom is 0.274 e. The average molecular weight is 317 g/mol. The van der Waals surface area contributed by atoms with Gasteiger partial charge in [-0.3, -0.25) is 19.4 Å². The fourth-order valence-corrected chi connectivity index (χ4v) is 3.07. The number of aromatic amines is 1. The number of Topliss-reactive ketones (excluding diaryl/α,β-unsaturated/α-hetero) is 1. The molecule has 0 spiro atoms. The predicted molar refractivity (Wildman–Crippen MR) is 86.6 cm³/mol. The summed E-state index contributed by atoms with van der Waals surface area (Å²) in [5.41, 5.74) is 0.948. The molecular weight excluding hydrogens is 294 g/mol. The third-order valence-corrected chi connectivity index (χ3v) is 4.44. The lowest BCUT2D eigenvalue weighted by atomic mass is 9.98. The summed E-state index contributed by atoms with van der Waals surface area (Å²) >= 11 is 0. The van der Waals surface area contributed by atoms with E-state index in [1.165, 1.54) is 12.8 Å². The molecule has 124 valence electrons. The van der Waals surface area contributed by atoms with Crippen molar-refractivity contribution in [3.05, 3.63) is 40.3 Å². The van der Waals surface area contributed by atoms with Crippen LogP contribution in [0.5, 0.6) is 0 Å². The molecule has 0 unspecified atom stereocenters. The number of carbonyl (C=O) groups is 1. The summed E-state index contributed by atoms with van der Waals surface area (Å²) < 4.78 is 3.82. The Bertz CT molecular complexity index is 721. The number of H-pyrrole nitrogens is 1. The van der Waals surface area contributed by atoms with Crippen molar-refractivity contribution in [2.75, 3.05) is 13.1 Å². The number of hydrogen-bond acceptors (Lipinski definition) is 4. The summed E-state index contributed by atoms with van der Waals surface area (Å²) in [6.45, 7) is 5.36. The highest BCUT2D eigenvalue weighted by atomic mass is 16.1. The first-order valence-corrected chi connectivity index (χ1v) is 8.19. The Hall–Kier alpha value is -2.15. The Balaban J connectivity index is 1.72. The van der Waals surface area contributed by atoms with Gasteiger partial charge in [0, 0.05) is 19.2 Å². The number of hydrogen-bond donors (Lipinski definition) is 2. The van der Waals surface area contributed by atoms with E-state index in [1.54, 1.807) is 17.8 Å². The third kappa shape index (κ3) is 3.61. The van der Waals surface area contributed by atoms with Crippen molar-refractivity contribution in [2.45, 2.75) is 39.3 Å². The summed E-state index contributed by atoms with van der Waals surface area (Å²) in [5.74, 6) is 0.526. The second kappa shape index (κ2) is 6.95. The van der Waals surface area contributed by atoms with E-state index in [-0.39, 0.29) is 16.9 Å². The van der Waals surface area contributed by atoms with E-state index < -0.39 is 0 Å². The molecule has 2 N–H and O–H groups in total. The first-order chi connectivity index (χ1) is 11.2. The molecule has 0 aliphatic carbocycles. The smallest absolute Gasteiger partial charge is 0.274 e. The zero-order chi connectivity index (χ0) is 16.2. The summed E-state index contributed by atoms with van der Waals surface area (Å²) in [4.78, 5) is 27.8. The Labute approximate surface area is 134 Å². The van der Waals surface area contributed by atoms with Gasteiger partial charge in [-0.05, 0) is 31.8 Å². The minimum atomic E-state index is -0.318. The number of aromatic nitrogens is 4. The van der Waals surface area contributed by atoms with Crippen molar-refractivity contribution in [1.29, 1.82) is 0 Å². The first kappa shape index (κ1) is 15.7. The van der Waals surface area contributed by atoms with Crippen LogP contribution in [0.2, 0.25) is 0 Å². The van der Waals surface area contributed by atoms with Crippen molar-refractivity contribution < 1.29 is 4.79 Å². The summed E-state index contributed by atoms with van der Waals surface area (Å²) in [5, 5.41) is 6.09. The maximum atomic E-state index is 11.8. The highest BCUT2D eigenvalue weighted by Gasteiger charge is 2.16. The number of carbonyl (C=O) groups excluding carboxylic acids is 1. The van der Waals surface area contributed by atoms with Crippen LogP contribution in [0.3, 0.4) is 0 Å². The van der Waals surface area contributed by atoms with E-state index >= 15 is 0 Å². The van der Waals surface area contributed by atoms with Gasteiger partial charge in [-0.15, -0.1) is 0 Å². The number of nitrogens with zero attached hydrogens (tertiary/aromatic N) is 3. The highest BCUT2D eigenvalue weighted by molar-refractivity contribution is 5.95. The second-order valence-electron chi connectivity index (χ2n) is 6.12. The number of rotatable bonds is 6. The van der Waals surface area contributed by atoms with Crippen molar-refractivity contribution in [3.63, 3.8) is 0 Å². The first-order valence-electron chi connectivity index (χ1n) is 8.19. The van der Waals surface area contributed by atoms with Crippen LogP contribution < -0.4 is 10.9 Å². The van der Waals surface area contributed by atoms with Crippen LogP contribution in [0.4, 0.5) is 0 Å². The molecular formula is C16H23N5O2. The minimum absolute atomic E-state index is 0.131. The molecule has 7 nitrogen and oxygen atoms in total. The molecule has 0 bridgehead atoms. The molecule has 0 radical (unpaired) electrons. The largest absolute Gasteiger partial charge is 0.333 e. The molecule has 7 heteroatoms. The molecule has 1 aliphatic rings. The van der Waals surface area contributed by atoms with E-state index in [9.17, 15) is 9.59 Å². The fourth-order valence-electron chi connectivity index (χ4n) is 3.07. The van der Waals surface area contributed by atoms with Crippen LogP contribution in [0, 0.1) is 5.92 Å². The summed E-state index contributed by atoms with van der Waals surface area (Å²) in [7, 11) is 0. The third-order valence-electron chi connectivity index (χ3n) is 4.44. The monoisotopic (exact) mass is 317 g/mol. The van der Waals surface area contributed by atoms with Gasteiger partial charge >= 0.3 is 0 Å². The minimum Gasteiger partial charge on any atom is -0.333 e.